The van der Waals surface area contributed by atoms with Gasteiger partial charge in [0.1, 0.15) is 0 Å². The highest BCUT2D eigenvalue weighted by atomic mass is 32.2. The molecule has 1 aliphatic rings. The molecule has 0 saturated carbocycles. The molecule has 5 nitrogen and oxygen atoms in total. The van der Waals surface area contributed by atoms with Crippen molar-refractivity contribution in [2.24, 2.45) is 0 Å². The van der Waals surface area contributed by atoms with Crippen LogP contribution in [0.5, 0.6) is 0 Å². The number of rotatable bonds is 5. The fourth-order valence-corrected chi connectivity index (χ4v) is 8.84. The fourth-order valence-electron chi connectivity index (χ4n) is 7.67. The van der Waals surface area contributed by atoms with Gasteiger partial charge in [-0.05, 0) is 82.2 Å². The summed E-state index contributed by atoms with van der Waals surface area (Å²) in [4.78, 5) is 25.2. The Morgan fingerprint density at radius 3 is 1.71 bits per heavy atom. The van der Waals surface area contributed by atoms with Gasteiger partial charge in [-0.1, -0.05) is 139 Å². The molecular formula is C50H31N5S. The summed E-state index contributed by atoms with van der Waals surface area (Å²) < 4.78 is 0. The molecule has 0 atom stereocenters. The van der Waals surface area contributed by atoms with E-state index in [9.17, 15) is 0 Å². The molecule has 262 valence electrons. The Bertz CT molecular complexity index is 3060. The van der Waals surface area contributed by atoms with E-state index in [0.717, 1.165) is 76.5 Å². The van der Waals surface area contributed by atoms with Crippen molar-refractivity contribution in [1.82, 2.24) is 19.9 Å². The van der Waals surface area contributed by atoms with Crippen molar-refractivity contribution < 1.29 is 0 Å². The molecule has 6 heteroatoms. The summed E-state index contributed by atoms with van der Waals surface area (Å²) in [5.74, 6) is 1.90. The van der Waals surface area contributed by atoms with Gasteiger partial charge < -0.3 is 4.90 Å². The minimum Gasteiger partial charge on any atom is -0.308 e. The Labute approximate surface area is 328 Å². The third-order valence-corrected chi connectivity index (χ3v) is 11.6. The van der Waals surface area contributed by atoms with E-state index >= 15 is 0 Å². The van der Waals surface area contributed by atoms with Crippen LogP contribution in [0.25, 0.3) is 77.9 Å². The van der Waals surface area contributed by atoms with Crippen LogP contribution in [0, 0.1) is 0 Å². The number of hydrogen-bond donors (Lipinski definition) is 0. The number of anilines is 3. The molecule has 0 radical (unpaired) electrons. The van der Waals surface area contributed by atoms with E-state index in [0.29, 0.717) is 17.5 Å². The second-order valence-corrected chi connectivity index (χ2v) is 15.0. The van der Waals surface area contributed by atoms with Crippen LogP contribution in [0.3, 0.4) is 0 Å². The van der Waals surface area contributed by atoms with E-state index in [1.165, 1.54) is 10.8 Å². The van der Waals surface area contributed by atoms with Crippen LogP contribution in [-0.4, -0.2) is 19.9 Å². The maximum absolute atomic E-state index is 5.25. The zero-order chi connectivity index (χ0) is 37.0. The van der Waals surface area contributed by atoms with Crippen LogP contribution < -0.4 is 4.90 Å². The molecule has 2 aromatic heterocycles. The number of fused-ring (bicyclic) bond motifs is 5. The Morgan fingerprint density at radius 2 is 0.964 bits per heavy atom. The monoisotopic (exact) mass is 733 g/mol. The van der Waals surface area contributed by atoms with Gasteiger partial charge in [-0.15, -0.1) is 0 Å². The van der Waals surface area contributed by atoms with Gasteiger partial charge in [0.05, 0.1) is 22.6 Å². The standard InChI is InChI=1S/C50H31N5S/c1-3-14-35-29-38(25-23-32(35)11-1)48-52-49(39-26-24-33-12-2-4-15-36(33)30-39)54-50(53-48)41-18-10-21-45-47(41)56-46-22-8-7-20-44(46)55(45)40-17-9-16-37(31-40)43-28-27-34-13-5-6-19-42(34)51-43/h1-31H. The van der Waals surface area contributed by atoms with Gasteiger partial charge in [-0.3, -0.25) is 0 Å². The minimum absolute atomic E-state index is 0.629. The van der Waals surface area contributed by atoms with E-state index in [-0.39, 0.29) is 0 Å². The maximum Gasteiger partial charge on any atom is 0.165 e. The zero-order valence-electron chi connectivity index (χ0n) is 30.0. The highest BCUT2D eigenvalue weighted by Crippen LogP contribution is 2.54. The second-order valence-electron chi connectivity index (χ2n) is 13.9. The third kappa shape index (κ3) is 5.67. The Balaban J connectivity index is 1.09. The van der Waals surface area contributed by atoms with Crippen LogP contribution >= 0.6 is 11.8 Å². The van der Waals surface area contributed by atoms with Gasteiger partial charge in [0, 0.05) is 43.1 Å². The van der Waals surface area contributed by atoms with Crippen LogP contribution in [0.15, 0.2) is 198 Å². The van der Waals surface area contributed by atoms with Crippen LogP contribution in [-0.2, 0) is 0 Å². The van der Waals surface area contributed by atoms with Crippen LogP contribution in [0.4, 0.5) is 17.1 Å². The van der Waals surface area contributed by atoms with Crippen molar-refractivity contribution in [2.45, 2.75) is 9.79 Å². The quantitative estimate of drug-likeness (QED) is 0.176. The number of hydrogen-bond acceptors (Lipinski definition) is 6. The third-order valence-electron chi connectivity index (χ3n) is 10.4. The first kappa shape index (κ1) is 32.3. The van der Waals surface area contributed by atoms with E-state index in [2.05, 4.69) is 181 Å². The molecule has 56 heavy (non-hydrogen) atoms. The van der Waals surface area contributed by atoms with Crippen LogP contribution in [0.1, 0.15) is 0 Å². The molecule has 0 spiro atoms. The van der Waals surface area contributed by atoms with Gasteiger partial charge in [-0.25, -0.2) is 19.9 Å². The maximum atomic E-state index is 5.25. The molecule has 0 amide bonds. The highest BCUT2D eigenvalue weighted by molar-refractivity contribution is 8.00. The molecule has 10 aromatic rings. The molecule has 8 aromatic carbocycles. The molecule has 11 rings (SSSR count). The van der Waals surface area contributed by atoms with Gasteiger partial charge in [-0.2, -0.15) is 0 Å². The molecular weight excluding hydrogens is 703 g/mol. The smallest absolute Gasteiger partial charge is 0.165 e. The molecule has 0 fully saturated rings. The normalized spacial score (nSPS) is 12.2. The lowest BCUT2D eigenvalue weighted by Gasteiger charge is -2.34. The molecule has 0 bridgehead atoms. The zero-order valence-corrected chi connectivity index (χ0v) is 30.9. The van der Waals surface area contributed by atoms with E-state index in [4.69, 9.17) is 19.9 Å². The number of benzene rings is 8. The van der Waals surface area contributed by atoms with E-state index < -0.39 is 0 Å². The lowest BCUT2D eigenvalue weighted by molar-refractivity contribution is 1.06. The largest absolute Gasteiger partial charge is 0.308 e. The molecule has 0 saturated heterocycles. The molecule has 0 unspecified atom stereocenters. The van der Waals surface area contributed by atoms with Gasteiger partial charge in [0.2, 0.25) is 0 Å². The summed E-state index contributed by atoms with van der Waals surface area (Å²) in [7, 11) is 0. The number of aromatic nitrogens is 4. The lowest BCUT2D eigenvalue weighted by atomic mass is 10.0. The van der Waals surface area contributed by atoms with Gasteiger partial charge >= 0.3 is 0 Å². The fraction of sp³-hybridized carbons (Fsp3) is 0. The van der Waals surface area contributed by atoms with E-state index in [1.807, 2.05) is 12.1 Å². The Morgan fingerprint density at radius 1 is 0.375 bits per heavy atom. The predicted octanol–water partition coefficient (Wildman–Crippen LogP) is 13.3. The second kappa shape index (κ2) is 13.3. The molecule has 3 heterocycles. The number of pyridine rings is 1. The van der Waals surface area contributed by atoms with Crippen molar-refractivity contribution in [3.8, 4) is 45.4 Å². The Hall–Kier alpha value is -7.15. The summed E-state index contributed by atoms with van der Waals surface area (Å²) in [6.07, 6.45) is 0. The SMILES string of the molecule is c1cc(-c2ccc3ccccc3n2)cc(N2c3ccccc3Sc3c(-c4nc(-c5ccc6ccccc6c5)nc(-c5ccc6ccccc6c5)n4)cccc32)c1. The summed E-state index contributed by atoms with van der Waals surface area (Å²) in [5, 5.41) is 5.75. The topological polar surface area (TPSA) is 54.8 Å². The average Bonchev–Trinajstić information content (AvgIpc) is 3.27. The molecule has 0 N–H and O–H groups in total. The van der Waals surface area contributed by atoms with Crippen molar-refractivity contribution >= 4 is 61.3 Å². The number of para-hydroxylation sites is 2. The molecule has 1 aliphatic heterocycles. The number of nitrogens with zero attached hydrogens (tertiary/aromatic N) is 5. The van der Waals surface area contributed by atoms with Gasteiger partial charge in [0.25, 0.3) is 0 Å². The summed E-state index contributed by atoms with van der Waals surface area (Å²) >= 11 is 1.76. The van der Waals surface area contributed by atoms with Crippen molar-refractivity contribution in [2.75, 3.05) is 4.90 Å². The lowest BCUT2D eigenvalue weighted by Crippen LogP contribution is -2.15. The minimum atomic E-state index is 0.629. The van der Waals surface area contributed by atoms with Crippen molar-refractivity contribution in [1.29, 1.82) is 0 Å². The van der Waals surface area contributed by atoms with E-state index in [1.54, 1.807) is 11.8 Å². The first-order valence-electron chi connectivity index (χ1n) is 18.6. The first-order valence-corrected chi connectivity index (χ1v) is 19.4. The van der Waals surface area contributed by atoms with Crippen molar-refractivity contribution in [3.05, 3.63) is 188 Å². The summed E-state index contributed by atoms with van der Waals surface area (Å²) in [5.41, 5.74) is 9.04. The average molecular weight is 734 g/mol. The van der Waals surface area contributed by atoms with Crippen molar-refractivity contribution in [3.63, 3.8) is 0 Å². The predicted molar refractivity (Wildman–Crippen MR) is 231 cm³/mol. The first-order chi connectivity index (χ1) is 27.7. The summed E-state index contributed by atoms with van der Waals surface area (Å²) in [6, 6.07) is 65.8. The van der Waals surface area contributed by atoms with Crippen LogP contribution in [0.2, 0.25) is 0 Å². The molecule has 0 aliphatic carbocycles. The van der Waals surface area contributed by atoms with Gasteiger partial charge in [0.15, 0.2) is 17.5 Å². The Kier molecular flexibility index (Phi) is 7.67. The summed E-state index contributed by atoms with van der Waals surface area (Å²) in [6.45, 7) is 0. The highest BCUT2D eigenvalue weighted by Gasteiger charge is 2.28.